The molecule has 0 saturated carbocycles. The van der Waals surface area contributed by atoms with Gasteiger partial charge in [-0.15, -0.1) is 0 Å². The Morgan fingerprint density at radius 3 is 2.53 bits per heavy atom. The van der Waals surface area contributed by atoms with Crippen LogP contribution < -0.4 is 25.3 Å². The molecule has 2 aromatic carbocycles. The van der Waals surface area contributed by atoms with E-state index in [4.69, 9.17) is 14.6 Å². The molecule has 3 aliphatic heterocycles. The van der Waals surface area contributed by atoms with Gasteiger partial charge >= 0.3 is 12.1 Å². The number of carbonyl (C=O) groups is 2. The molecule has 0 aliphatic carbocycles. The number of carbonyl (C=O) groups excluding carboxylic acids is 1. The highest BCUT2D eigenvalue weighted by Gasteiger charge is 2.38. The first-order chi connectivity index (χ1) is 17.1. The third kappa shape index (κ3) is 5.05. The van der Waals surface area contributed by atoms with Gasteiger partial charge in [0.25, 0.3) is 5.91 Å². The number of carboxylic acids is 1. The summed E-state index contributed by atoms with van der Waals surface area (Å²) in [7, 11) is 0. The van der Waals surface area contributed by atoms with Crippen molar-refractivity contribution < 1.29 is 37.0 Å². The Hall–Kier alpha value is -3.87. The van der Waals surface area contributed by atoms with Crippen molar-refractivity contribution in [2.45, 2.75) is 19.1 Å². The molecule has 3 aliphatic rings. The summed E-state index contributed by atoms with van der Waals surface area (Å²) in [4.78, 5) is 25.0. The van der Waals surface area contributed by atoms with Gasteiger partial charge in [-0.2, -0.15) is 18.3 Å². The quantitative estimate of drug-likeness (QED) is 0.535. The highest BCUT2D eigenvalue weighted by Crippen LogP contribution is 2.41. The van der Waals surface area contributed by atoms with Crippen LogP contribution in [0, 0.1) is 5.82 Å². The predicted molar refractivity (Wildman–Crippen MR) is 124 cm³/mol. The highest BCUT2D eigenvalue weighted by molar-refractivity contribution is 6.09. The molecule has 0 aromatic heterocycles. The molecule has 36 heavy (non-hydrogen) atoms. The first kappa shape index (κ1) is 25.2. The summed E-state index contributed by atoms with van der Waals surface area (Å²) in [6.07, 6.45) is -5.08. The molecule has 9 nitrogen and oxygen atoms in total. The molecule has 3 N–H and O–H groups in total. The fourth-order valence-electron chi connectivity index (χ4n) is 4.15. The van der Waals surface area contributed by atoms with Crippen LogP contribution in [0.4, 0.5) is 28.9 Å². The third-order valence-corrected chi connectivity index (χ3v) is 5.90. The van der Waals surface area contributed by atoms with Crippen molar-refractivity contribution in [3.63, 3.8) is 0 Å². The Balaban J connectivity index is 0.000000384. The van der Waals surface area contributed by atoms with E-state index in [1.807, 2.05) is 36.1 Å². The van der Waals surface area contributed by atoms with E-state index in [-0.39, 0.29) is 24.4 Å². The van der Waals surface area contributed by atoms with Crippen LogP contribution in [0.5, 0.6) is 5.75 Å². The van der Waals surface area contributed by atoms with E-state index >= 15 is 0 Å². The average Bonchev–Trinajstić information content (AvgIpc) is 2.86. The lowest BCUT2D eigenvalue weighted by molar-refractivity contribution is -0.192. The second-order valence-electron chi connectivity index (χ2n) is 8.20. The van der Waals surface area contributed by atoms with E-state index in [2.05, 4.69) is 20.7 Å². The van der Waals surface area contributed by atoms with Crippen molar-refractivity contribution in [3.8, 4) is 16.9 Å². The number of amides is 1. The van der Waals surface area contributed by atoms with E-state index in [0.29, 0.717) is 17.1 Å². The minimum Gasteiger partial charge on any atom is -0.483 e. The normalized spacial score (nSPS) is 19.1. The summed E-state index contributed by atoms with van der Waals surface area (Å²) in [5, 5.41) is 14.6. The van der Waals surface area contributed by atoms with E-state index in [9.17, 15) is 22.4 Å². The van der Waals surface area contributed by atoms with Gasteiger partial charge in [0.1, 0.15) is 24.2 Å². The van der Waals surface area contributed by atoms with Crippen molar-refractivity contribution >= 4 is 29.1 Å². The standard InChI is InChI=1S/C21H22FN5O2.C2HF3O2/c1-13-21(28)25-24-19-12-29-18-11-14(5-6-16(18)27(13)19)20-15(22)3-2-4-17(20)26-9-7-23-8-10-26;3-2(4,5)1(6)7/h2-6,11,13,23H,7-10,12H2,1H3,(H,25,28);(H,6,7)/t13-;/m1./s1. The van der Waals surface area contributed by atoms with E-state index in [1.165, 1.54) is 6.07 Å². The van der Waals surface area contributed by atoms with Gasteiger partial charge in [0, 0.05) is 37.4 Å². The number of benzene rings is 2. The van der Waals surface area contributed by atoms with Crippen LogP contribution in [0.1, 0.15) is 6.92 Å². The van der Waals surface area contributed by atoms with Gasteiger partial charge in [0.15, 0.2) is 5.84 Å². The highest BCUT2D eigenvalue weighted by atomic mass is 19.4. The summed E-state index contributed by atoms with van der Waals surface area (Å²) in [6.45, 7) is 5.49. The smallest absolute Gasteiger partial charge is 0.483 e. The van der Waals surface area contributed by atoms with Gasteiger partial charge < -0.3 is 25.0 Å². The number of nitrogens with zero attached hydrogens (tertiary/aromatic N) is 3. The summed E-state index contributed by atoms with van der Waals surface area (Å²) >= 11 is 0. The van der Waals surface area contributed by atoms with Crippen molar-refractivity contribution in [1.29, 1.82) is 0 Å². The molecular formula is C23H23F4N5O4. The van der Waals surface area contributed by atoms with Crippen LogP contribution in [0.15, 0.2) is 41.5 Å². The number of ether oxygens (including phenoxy) is 1. The van der Waals surface area contributed by atoms with Crippen LogP contribution in [-0.2, 0) is 9.59 Å². The van der Waals surface area contributed by atoms with Crippen LogP contribution in [0.3, 0.4) is 0 Å². The Morgan fingerprint density at radius 2 is 1.86 bits per heavy atom. The van der Waals surface area contributed by atoms with Crippen molar-refractivity contribution in [2.24, 2.45) is 5.10 Å². The third-order valence-electron chi connectivity index (χ3n) is 5.90. The first-order valence-electron chi connectivity index (χ1n) is 11.0. The van der Waals surface area contributed by atoms with Gasteiger partial charge in [-0.3, -0.25) is 4.79 Å². The number of hydrazone groups is 1. The van der Waals surface area contributed by atoms with Crippen LogP contribution >= 0.6 is 0 Å². The molecule has 1 fully saturated rings. The van der Waals surface area contributed by atoms with E-state index in [0.717, 1.165) is 43.1 Å². The zero-order chi connectivity index (χ0) is 26.0. The predicted octanol–water partition coefficient (Wildman–Crippen LogP) is 2.57. The number of anilines is 2. The van der Waals surface area contributed by atoms with Gasteiger partial charge in [-0.25, -0.2) is 14.6 Å². The molecule has 13 heteroatoms. The molecule has 3 heterocycles. The minimum absolute atomic E-state index is 0.166. The Kier molecular flexibility index (Phi) is 7.02. The second kappa shape index (κ2) is 10.0. The van der Waals surface area contributed by atoms with E-state index in [1.54, 1.807) is 6.07 Å². The lowest BCUT2D eigenvalue weighted by atomic mass is 9.99. The van der Waals surface area contributed by atoms with Crippen LogP contribution in [0.25, 0.3) is 11.1 Å². The molecule has 1 saturated heterocycles. The Labute approximate surface area is 203 Å². The largest absolute Gasteiger partial charge is 0.490 e. The zero-order valence-corrected chi connectivity index (χ0v) is 19.1. The number of hydrogen-bond donors (Lipinski definition) is 3. The van der Waals surface area contributed by atoms with Crippen molar-refractivity contribution in [1.82, 2.24) is 10.7 Å². The van der Waals surface area contributed by atoms with Crippen LogP contribution in [-0.4, -0.2) is 67.8 Å². The van der Waals surface area contributed by atoms with E-state index < -0.39 is 12.1 Å². The molecule has 0 spiro atoms. The van der Waals surface area contributed by atoms with Crippen molar-refractivity contribution in [2.75, 3.05) is 42.6 Å². The summed E-state index contributed by atoms with van der Waals surface area (Å²) in [5.74, 6) is -1.90. The fourth-order valence-corrected chi connectivity index (χ4v) is 4.15. The number of alkyl halides is 3. The fraction of sp³-hybridized carbons (Fsp3) is 0.348. The number of carboxylic acid groups (broad SMARTS) is 1. The lowest BCUT2D eigenvalue weighted by Crippen LogP contribution is -2.55. The molecule has 1 atom stereocenters. The van der Waals surface area contributed by atoms with Gasteiger partial charge in [-0.05, 0) is 36.8 Å². The number of rotatable bonds is 2. The number of hydrogen-bond acceptors (Lipinski definition) is 7. The Morgan fingerprint density at radius 1 is 1.17 bits per heavy atom. The molecule has 2 aromatic rings. The lowest BCUT2D eigenvalue weighted by Gasteiger charge is -2.38. The molecule has 0 bridgehead atoms. The van der Waals surface area contributed by atoms with Crippen molar-refractivity contribution in [3.05, 3.63) is 42.2 Å². The SMILES string of the molecule is C[C@@H]1C(=O)NN=C2COc3cc(-c4c(F)cccc4N4CCNCC4)ccc3N21.O=C(O)C(F)(F)F. The monoisotopic (exact) mass is 509 g/mol. The maximum absolute atomic E-state index is 14.9. The zero-order valence-electron chi connectivity index (χ0n) is 19.1. The van der Waals surface area contributed by atoms with Gasteiger partial charge in [0.05, 0.1) is 5.69 Å². The number of halogens is 4. The summed E-state index contributed by atoms with van der Waals surface area (Å²) < 4.78 is 52.6. The number of piperazine rings is 1. The van der Waals surface area contributed by atoms with Crippen LogP contribution in [0.2, 0.25) is 0 Å². The number of fused-ring (bicyclic) bond motifs is 3. The molecule has 5 rings (SSSR count). The maximum atomic E-state index is 14.9. The Bertz CT molecular complexity index is 1200. The topological polar surface area (TPSA) is 106 Å². The summed E-state index contributed by atoms with van der Waals surface area (Å²) in [5.41, 5.74) is 5.50. The maximum Gasteiger partial charge on any atom is 0.490 e. The first-order valence-corrected chi connectivity index (χ1v) is 11.0. The van der Waals surface area contributed by atoms with Gasteiger partial charge in [-0.1, -0.05) is 12.1 Å². The summed E-state index contributed by atoms with van der Waals surface area (Å²) in [6, 6.07) is 10.4. The molecule has 0 radical (unpaired) electrons. The number of amidine groups is 1. The number of nitrogens with one attached hydrogen (secondary N) is 2. The van der Waals surface area contributed by atoms with Gasteiger partial charge in [0.2, 0.25) is 0 Å². The average molecular weight is 509 g/mol. The molecule has 0 unspecified atom stereocenters. The molecular weight excluding hydrogens is 486 g/mol. The minimum atomic E-state index is -5.08. The molecule has 1 amide bonds. The number of aliphatic carboxylic acids is 1. The second-order valence-corrected chi connectivity index (χ2v) is 8.20. The molecule has 192 valence electrons.